The van der Waals surface area contributed by atoms with Gasteiger partial charge >= 0.3 is 0 Å². The van der Waals surface area contributed by atoms with E-state index in [1.165, 1.54) is 5.56 Å². The van der Waals surface area contributed by atoms with Crippen LogP contribution in [0.1, 0.15) is 5.56 Å². The molecular weight excluding hydrogens is 226 g/mol. The van der Waals surface area contributed by atoms with E-state index in [1.54, 1.807) is 7.11 Å². The number of aryl methyl sites for hydroxylation is 1. The van der Waals surface area contributed by atoms with Crippen molar-refractivity contribution in [1.29, 1.82) is 0 Å². The van der Waals surface area contributed by atoms with Crippen LogP contribution in [0.2, 0.25) is 0 Å². The van der Waals surface area contributed by atoms with Crippen molar-refractivity contribution in [2.75, 3.05) is 19.2 Å². The van der Waals surface area contributed by atoms with Crippen molar-refractivity contribution >= 4 is 11.4 Å². The molecule has 1 N–H and O–H groups in total. The molecule has 0 amide bonds. The number of methoxy groups -OCH3 is 1. The van der Waals surface area contributed by atoms with E-state index in [0.717, 1.165) is 17.1 Å². The fraction of sp³-hybridized carbons (Fsp3) is 0.200. The van der Waals surface area contributed by atoms with Gasteiger partial charge in [-0.1, -0.05) is 24.3 Å². The van der Waals surface area contributed by atoms with Gasteiger partial charge in [0.05, 0.1) is 5.69 Å². The van der Waals surface area contributed by atoms with Gasteiger partial charge in [0, 0.05) is 12.8 Å². The molecule has 0 spiro atoms. The van der Waals surface area contributed by atoms with Crippen LogP contribution >= 0.6 is 0 Å². The van der Waals surface area contributed by atoms with E-state index in [1.807, 2.05) is 42.5 Å². The second-order valence-corrected chi connectivity index (χ2v) is 4.04. The zero-order valence-corrected chi connectivity index (χ0v) is 10.6. The smallest absolute Gasteiger partial charge is 0.188 e. The highest BCUT2D eigenvalue weighted by atomic mass is 16.7. The summed E-state index contributed by atoms with van der Waals surface area (Å²) in [7, 11) is 1.61. The van der Waals surface area contributed by atoms with E-state index in [4.69, 9.17) is 9.47 Å². The predicted octanol–water partition coefficient (Wildman–Crippen LogP) is 3.72. The third-order valence-electron chi connectivity index (χ3n) is 2.52. The van der Waals surface area contributed by atoms with Crippen molar-refractivity contribution < 1.29 is 9.47 Å². The first-order chi connectivity index (χ1) is 8.79. The molecule has 0 radical (unpaired) electrons. The Kier molecular flexibility index (Phi) is 4.20. The van der Waals surface area contributed by atoms with E-state index in [9.17, 15) is 0 Å². The summed E-state index contributed by atoms with van der Waals surface area (Å²) < 4.78 is 10.5. The summed E-state index contributed by atoms with van der Waals surface area (Å²) in [6.07, 6.45) is 0. The molecule has 0 bridgehead atoms. The summed E-state index contributed by atoms with van der Waals surface area (Å²) in [5.41, 5.74) is 3.15. The summed E-state index contributed by atoms with van der Waals surface area (Å²) in [4.78, 5) is 0. The Morgan fingerprint density at radius 2 is 1.83 bits per heavy atom. The minimum atomic E-state index is 0.243. The summed E-state index contributed by atoms with van der Waals surface area (Å²) >= 11 is 0. The van der Waals surface area contributed by atoms with Crippen molar-refractivity contribution in [2.24, 2.45) is 0 Å². The van der Waals surface area contributed by atoms with Crippen LogP contribution < -0.4 is 10.1 Å². The summed E-state index contributed by atoms with van der Waals surface area (Å²) in [6.45, 7) is 2.29. The van der Waals surface area contributed by atoms with Gasteiger partial charge in [0.15, 0.2) is 6.79 Å². The summed E-state index contributed by atoms with van der Waals surface area (Å²) in [5.74, 6) is 0.784. The van der Waals surface area contributed by atoms with Crippen LogP contribution in [0.4, 0.5) is 11.4 Å². The monoisotopic (exact) mass is 243 g/mol. The Bertz CT molecular complexity index is 497. The molecular formula is C15H17NO2. The quantitative estimate of drug-likeness (QED) is 0.812. The van der Waals surface area contributed by atoms with Crippen molar-refractivity contribution in [1.82, 2.24) is 0 Å². The highest BCUT2D eigenvalue weighted by molar-refractivity contribution is 5.66. The third kappa shape index (κ3) is 3.25. The summed E-state index contributed by atoms with van der Waals surface area (Å²) in [6, 6.07) is 16.0. The van der Waals surface area contributed by atoms with Gasteiger partial charge in [-0.05, 0) is 36.8 Å². The SMILES string of the molecule is COCOc1ccc(C)cc1Nc1ccccc1. The molecule has 0 fully saturated rings. The lowest BCUT2D eigenvalue weighted by molar-refractivity contribution is 0.0516. The highest BCUT2D eigenvalue weighted by Gasteiger charge is 2.04. The average molecular weight is 243 g/mol. The van der Waals surface area contributed by atoms with Gasteiger partial charge in [0.25, 0.3) is 0 Å². The van der Waals surface area contributed by atoms with Gasteiger partial charge in [0.2, 0.25) is 0 Å². The molecule has 2 rings (SSSR count). The van der Waals surface area contributed by atoms with Crippen LogP contribution in [0.5, 0.6) is 5.75 Å². The maximum absolute atomic E-state index is 5.53. The fourth-order valence-electron chi connectivity index (χ4n) is 1.67. The first-order valence-corrected chi connectivity index (χ1v) is 5.84. The van der Waals surface area contributed by atoms with Crippen molar-refractivity contribution in [3.05, 3.63) is 54.1 Å². The Balaban J connectivity index is 2.22. The Hall–Kier alpha value is -2.00. The number of para-hydroxylation sites is 1. The standard InChI is InChI=1S/C15H17NO2/c1-12-8-9-15(18-11-17-2)14(10-12)16-13-6-4-3-5-7-13/h3-10,16H,11H2,1-2H3. The zero-order chi connectivity index (χ0) is 12.8. The molecule has 94 valence electrons. The highest BCUT2D eigenvalue weighted by Crippen LogP contribution is 2.28. The van der Waals surface area contributed by atoms with Crippen LogP contribution in [0, 0.1) is 6.92 Å². The minimum Gasteiger partial charge on any atom is -0.465 e. The number of anilines is 2. The predicted molar refractivity (Wildman–Crippen MR) is 73.4 cm³/mol. The molecule has 0 aliphatic heterocycles. The lowest BCUT2D eigenvalue weighted by atomic mass is 10.2. The zero-order valence-electron chi connectivity index (χ0n) is 10.6. The Labute approximate surface area is 107 Å². The van der Waals surface area contributed by atoms with E-state index < -0.39 is 0 Å². The molecule has 0 heterocycles. The second kappa shape index (κ2) is 6.07. The Morgan fingerprint density at radius 1 is 1.06 bits per heavy atom. The lowest BCUT2D eigenvalue weighted by Crippen LogP contribution is -2.02. The topological polar surface area (TPSA) is 30.5 Å². The first kappa shape index (κ1) is 12.5. The molecule has 3 nitrogen and oxygen atoms in total. The van der Waals surface area contributed by atoms with Gasteiger partial charge in [-0.2, -0.15) is 0 Å². The molecule has 0 saturated heterocycles. The molecule has 2 aromatic rings. The van der Waals surface area contributed by atoms with Crippen LogP contribution in [-0.4, -0.2) is 13.9 Å². The van der Waals surface area contributed by atoms with Gasteiger partial charge < -0.3 is 14.8 Å². The van der Waals surface area contributed by atoms with Crippen molar-refractivity contribution in [3.8, 4) is 5.75 Å². The molecule has 0 saturated carbocycles. The lowest BCUT2D eigenvalue weighted by Gasteiger charge is -2.13. The van der Waals surface area contributed by atoms with Crippen molar-refractivity contribution in [2.45, 2.75) is 6.92 Å². The number of nitrogens with one attached hydrogen (secondary N) is 1. The van der Waals surface area contributed by atoms with Gasteiger partial charge in [-0.15, -0.1) is 0 Å². The maximum Gasteiger partial charge on any atom is 0.188 e. The van der Waals surface area contributed by atoms with Crippen LogP contribution in [-0.2, 0) is 4.74 Å². The minimum absolute atomic E-state index is 0.243. The third-order valence-corrected chi connectivity index (χ3v) is 2.52. The number of benzene rings is 2. The Morgan fingerprint density at radius 3 is 2.56 bits per heavy atom. The van der Waals surface area contributed by atoms with Gasteiger partial charge in [0.1, 0.15) is 5.75 Å². The molecule has 18 heavy (non-hydrogen) atoms. The molecule has 0 aliphatic rings. The van der Waals surface area contributed by atoms with Crippen LogP contribution in [0.25, 0.3) is 0 Å². The maximum atomic E-state index is 5.53. The molecule has 0 unspecified atom stereocenters. The van der Waals surface area contributed by atoms with E-state index >= 15 is 0 Å². The number of ether oxygens (including phenoxy) is 2. The number of hydrogen-bond donors (Lipinski definition) is 1. The molecule has 0 aliphatic carbocycles. The first-order valence-electron chi connectivity index (χ1n) is 5.84. The molecule has 0 atom stereocenters. The van der Waals surface area contributed by atoms with E-state index in [0.29, 0.717) is 0 Å². The van der Waals surface area contributed by atoms with Gasteiger partial charge in [-0.25, -0.2) is 0 Å². The summed E-state index contributed by atoms with van der Waals surface area (Å²) in [5, 5.41) is 3.34. The van der Waals surface area contributed by atoms with Crippen molar-refractivity contribution in [3.63, 3.8) is 0 Å². The normalized spacial score (nSPS) is 10.1. The largest absolute Gasteiger partial charge is 0.465 e. The molecule has 3 heteroatoms. The molecule has 0 aromatic heterocycles. The van der Waals surface area contributed by atoms with Gasteiger partial charge in [-0.3, -0.25) is 0 Å². The number of hydrogen-bond acceptors (Lipinski definition) is 3. The van der Waals surface area contributed by atoms with Crippen LogP contribution in [0.15, 0.2) is 48.5 Å². The fourth-order valence-corrected chi connectivity index (χ4v) is 1.67. The second-order valence-electron chi connectivity index (χ2n) is 4.04. The molecule has 2 aromatic carbocycles. The average Bonchev–Trinajstić information content (AvgIpc) is 2.39. The van der Waals surface area contributed by atoms with E-state index in [-0.39, 0.29) is 6.79 Å². The number of rotatable bonds is 5. The van der Waals surface area contributed by atoms with Crippen LogP contribution in [0.3, 0.4) is 0 Å². The van der Waals surface area contributed by atoms with E-state index in [2.05, 4.69) is 18.3 Å².